The number of carbonyl (C=O) groups is 1. The first-order chi connectivity index (χ1) is 14.2. The van der Waals surface area contributed by atoms with E-state index < -0.39 is 5.97 Å². The van der Waals surface area contributed by atoms with Crippen molar-refractivity contribution in [2.24, 2.45) is 0 Å². The molecule has 0 saturated carbocycles. The van der Waals surface area contributed by atoms with Crippen molar-refractivity contribution in [3.63, 3.8) is 0 Å². The maximum atomic E-state index is 12.2. The van der Waals surface area contributed by atoms with Crippen molar-refractivity contribution >= 4 is 12.0 Å². The van der Waals surface area contributed by atoms with Crippen LogP contribution in [-0.4, -0.2) is 26.3 Å². The Hall–Kier alpha value is -3.73. The first-order valence-corrected chi connectivity index (χ1v) is 9.26. The van der Waals surface area contributed by atoms with Crippen LogP contribution in [0.1, 0.15) is 5.56 Å². The Labute approximate surface area is 169 Å². The number of benzene rings is 3. The van der Waals surface area contributed by atoms with Crippen LogP contribution in [0.3, 0.4) is 0 Å². The van der Waals surface area contributed by atoms with Gasteiger partial charge >= 0.3 is 5.97 Å². The SMILES string of the molecule is COc1cc(/C=C/C(=O)Oc2ccc(-c3ccccc3)cc2)cc2c1OCCO2. The van der Waals surface area contributed by atoms with Crippen LogP contribution in [-0.2, 0) is 4.79 Å². The summed E-state index contributed by atoms with van der Waals surface area (Å²) < 4.78 is 21.9. The number of ether oxygens (including phenoxy) is 4. The van der Waals surface area contributed by atoms with Gasteiger partial charge in [0.2, 0.25) is 5.75 Å². The fourth-order valence-electron chi connectivity index (χ4n) is 3.05. The second-order valence-electron chi connectivity index (χ2n) is 6.39. The summed E-state index contributed by atoms with van der Waals surface area (Å²) in [6.45, 7) is 0.957. The van der Waals surface area contributed by atoms with Gasteiger partial charge in [-0.3, -0.25) is 0 Å². The van der Waals surface area contributed by atoms with Crippen molar-refractivity contribution in [1.29, 1.82) is 0 Å². The molecule has 0 N–H and O–H groups in total. The summed E-state index contributed by atoms with van der Waals surface area (Å²) in [5, 5.41) is 0. The van der Waals surface area contributed by atoms with E-state index in [9.17, 15) is 4.79 Å². The Morgan fingerprint density at radius 1 is 0.931 bits per heavy atom. The molecular formula is C24H20O5. The van der Waals surface area contributed by atoms with Crippen molar-refractivity contribution in [2.45, 2.75) is 0 Å². The molecule has 4 rings (SSSR count). The molecule has 5 heteroatoms. The first-order valence-electron chi connectivity index (χ1n) is 9.26. The summed E-state index contributed by atoms with van der Waals surface area (Å²) in [6, 6.07) is 21.0. The van der Waals surface area contributed by atoms with Crippen molar-refractivity contribution in [3.8, 4) is 34.1 Å². The van der Waals surface area contributed by atoms with Gasteiger partial charge in [-0.1, -0.05) is 42.5 Å². The number of rotatable bonds is 5. The third kappa shape index (κ3) is 4.41. The molecule has 146 valence electrons. The summed E-state index contributed by atoms with van der Waals surface area (Å²) >= 11 is 0. The molecule has 0 saturated heterocycles. The molecule has 0 amide bonds. The van der Waals surface area contributed by atoms with E-state index in [1.165, 1.54) is 6.08 Å². The molecule has 0 bridgehead atoms. The Balaban J connectivity index is 1.44. The van der Waals surface area contributed by atoms with Gasteiger partial charge in [-0.15, -0.1) is 0 Å². The minimum absolute atomic E-state index is 0.466. The molecule has 0 aromatic heterocycles. The van der Waals surface area contributed by atoms with Gasteiger partial charge in [-0.05, 0) is 47.0 Å². The van der Waals surface area contributed by atoms with Gasteiger partial charge < -0.3 is 18.9 Å². The zero-order valence-electron chi connectivity index (χ0n) is 16.0. The molecule has 0 radical (unpaired) electrons. The molecule has 0 spiro atoms. The van der Waals surface area contributed by atoms with Crippen molar-refractivity contribution in [1.82, 2.24) is 0 Å². The lowest BCUT2D eigenvalue weighted by molar-refractivity contribution is -0.128. The van der Waals surface area contributed by atoms with Gasteiger partial charge in [0.05, 0.1) is 7.11 Å². The van der Waals surface area contributed by atoms with Gasteiger partial charge in [0.25, 0.3) is 0 Å². The van der Waals surface area contributed by atoms with Crippen LogP contribution in [0.25, 0.3) is 17.2 Å². The lowest BCUT2D eigenvalue weighted by Gasteiger charge is -2.20. The summed E-state index contributed by atoms with van der Waals surface area (Å²) in [7, 11) is 1.56. The average molecular weight is 388 g/mol. The summed E-state index contributed by atoms with van der Waals surface area (Å²) in [6.07, 6.45) is 3.03. The first kappa shape index (κ1) is 18.6. The highest BCUT2D eigenvalue weighted by atomic mass is 16.6. The van der Waals surface area contributed by atoms with Gasteiger partial charge in [0, 0.05) is 6.08 Å². The van der Waals surface area contributed by atoms with Gasteiger partial charge in [0.15, 0.2) is 11.5 Å². The van der Waals surface area contributed by atoms with E-state index in [-0.39, 0.29) is 0 Å². The quantitative estimate of drug-likeness (QED) is 0.359. The largest absolute Gasteiger partial charge is 0.493 e. The molecular weight excluding hydrogens is 368 g/mol. The third-order valence-corrected chi connectivity index (χ3v) is 4.44. The fourth-order valence-corrected chi connectivity index (χ4v) is 3.05. The lowest BCUT2D eigenvalue weighted by atomic mass is 10.1. The zero-order valence-corrected chi connectivity index (χ0v) is 16.0. The maximum absolute atomic E-state index is 12.2. The molecule has 0 unspecified atom stereocenters. The molecule has 1 aliphatic heterocycles. The van der Waals surface area contributed by atoms with Crippen LogP contribution in [0.2, 0.25) is 0 Å². The van der Waals surface area contributed by atoms with Crippen molar-refractivity contribution in [2.75, 3.05) is 20.3 Å². The van der Waals surface area contributed by atoms with E-state index in [4.69, 9.17) is 18.9 Å². The Morgan fingerprint density at radius 3 is 2.41 bits per heavy atom. The molecule has 5 nitrogen and oxygen atoms in total. The fraction of sp³-hybridized carbons (Fsp3) is 0.125. The van der Waals surface area contributed by atoms with E-state index in [1.807, 2.05) is 42.5 Å². The summed E-state index contributed by atoms with van der Waals surface area (Å²) in [5.41, 5.74) is 2.92. The minimum atomic E-state index is -0.466. The number of carbonyl (C=O) groups excluding carboxylic acids is 1. The Bertz CT molecular complexity index is 1010. The number of hydrogen-bond acceptors (Lipinski definition) is 5. The minimum Gasteiger partial charge on any atom is -0.493 e. The Kier molecular flexibility index (Phi) is 5.47. The van der Waals surface area contributed by atoms with Crippen molar-refractivity contribution < 1.29 is 23.7 Å². The predicted molar refractivity (Wildman–Crippen MR) is 111 cm³/mol. The molecule has 3 aromatic rings. The number of methoxy groups -OCH3 is 1. The highest BCUT2D eigenvalue weighted by Crippen LogP contribution is 2.40. The molecule has 29 heavy (non-hydrogen) atoms. The van der Waals surface area contributed by atoms with E-state index in [0.29, 0.717) is 36.2 Å². The molecule has 0 fully saturated rings. The highest BCUT2D eigenvalue weighted by molar-refractivity contribution is 5.89. The van der Waals surface area contributed by atoms with Crippen LogP contribution >= 0.6 is 0 Å². The summed E-state index contributed by atoms with van der Waals surface area (Å²) in [5.74, 6) is 1.76. The molecule has 3 aromatic carbocycles. The number of fused-ring (bicyclic) bond motifs is 1. The van der Waals surface area contributed by atoms with Crippen LogP contribution in [0.5, 0.6) is 23.0 Å². The third-order valence-electron chi connectivity index (χ3n) is 4.44. The highest BCUT2D eigenvalue weighted by Gasteiger charge is 2.17. The van der Waals surface area contributed by atoms with Crippen LogP contribution < -0.4 is 18.9 Å². The lowest BCUT2D eigenvalue weighted by Crippen LogP contribution is -2.16. The molecule has 1 heterocycles. The molecule has 0 atom stereocenters. The van der Waals surface area contributed by atoms with Crippen LogP contribution in [0.4, 0.5) is 0 Å². The standard InChI is InChI=1S/C24H20O5/c1-26-21-15-17(16-22-24(21)28-14-13-27-22)7-12-23(25)29-20-10-8-19(9-11-20)18-5-3-2-4-6-18/h2-12,15-16H,13-14H2,1H3/b12-7+. The van der Waals surface area contributed by atoms with E-state index >= 15 is 0 Å². The molecule has 1 aliphatic rings. The predicted octanol–water partition coefficient (Wildman–Crippen LogP) is 4.75. The van der Waals surface area contributed by atoms with E-state index in [2.05, 4.69) is 0 Å². The van der Waals surface area contributed by atoms with Gasteiger partial charge in [-0.2, -0.15) is 0 Å². The second kappa shape index (κ2) is 8.52. The normalized spacial score (nSPS) is 12.6. The van der Waals surface area contributed by atoms with Crippen molar-refractivity contribution in [3.05, 3.63) is 78.4 Å². The van der Waals surface area contributed by atoms with Crippen LogP contribution in [0.15, 0.2) is 72.8 Å². The summed E-state index contributed by atoms with van der Waals surface area (Å²) in [4.78, 5) is 12.2. The number of hydrogen-bond donors (Lipinski definition) is 0. The number of esters is 1. The monoisotopic (exact) mass is 388 g/mol. The van der Waals surface area contributed by atoms with E-state index in [0.717, 1.165) is 16.7 Å². The average Bonchev–Trinajstić information content (AvgIpc) is 2.78. The Morgan fingerprint density at radius 2 is 1.66 bits per heavy atom. The topological polar surface area (TPSA) is 54.0 Å². The zero-order chi connectivity index (χ0) is 20.1. The smallest absolute Gasteiger partial charge is 0.336 e. The maximum Gasteiger partial charge on any atom is 0.336 e. The second-order valence-corrected chi connectivity index (χ2v) is 6.39. The molecule has 0 aliphatic carbocycles. The van der Waals surface area contributed by atoms with Crippen LogP contribution in [0, 0.1) is 0 Å². The van der Waals surface area contributed by atoms with Gasteiger partial charge in [-0.25, -0.2) is 4.79 Å². The van der Waals surface area contributed by atoms with Gasteiger partial charge in [0.1, 0.15) is 19.0 Å². The van der Waals surface area contributed by atoms with E-state index in [1.54, 1.807) is 37.5 Å².